The van der Waals surface area contributed by atoms with E-state index in [4.69, 9.17) is 5.26 Å². The van der Waals surface area contributed by atoms with Gasteiger partial charge in [-0.05, 0) is 67.7 Å². The molecule has 1 aliphatic rings. The molecule has 0 saturated heterocycles. The smallest absolute Gasteiger partial charge is 0.141 e. The van der Waals surface area contributed by atoms with Crippen molar-refractivity contribution in [2.45, 2.75) is 38.0 Å². The lowest BCUT2D eigenvalue weighted by Crippen LogP contribution is -2.13. The number of halogens is 1. The molecule has 1 aromatic carbocycles. The van der Waals surface area contributed by atoms with Crippen LogP contribution < -0.4 is 0 Å². The van der Waals surface area contributed by atoms with Crippen molar-refractivity contribution >= 4 is 0 Å². The quantitative estimate of drug-likeness (QED) is 0.687. The molecule has 122 valence electrons. The SMILES string of the molecule is C=CC[C@H]1CC[C@H](c2ccc(-c3ccc(C#N)c(F)c3)nc2)CC1. The number of allylic oxidation sites excluding steroid dienone is 1. The average Bonchev–Trinajstić information content (AvgIpc) is 2.63. The molecule has 0 amide bonds. The van der Waals surface area contributed by atoms with E-state index in [0.717, 1.165) is 18.0 Å². The van der Waals surface area contributed by atoms with Crippen LogP contribution in [0.3, 0.4) is 0 Å². The van der Waals surface area contributed by atoms with Crippen molar-refractivity contribution in [2.75, 3.05) is 0 Å². The minimum Gasteiger partial charge on any atom is -0.256 e. The molecule has 3 rings (SSSR count). The molecule has 0 unspecified atom stereocenters. The fourth-order valence-corrected chi connectivity index (χ4v) is 3.55. The zero-order chi connectivity index (χ0) is 16.9. The van der Waals surface area contributed by atoms with E-state index in [-0.39, 0.29) is 5.56 Å². The largest absolute Gasteiger partial charge is 0.256 e. The standard InChI is InChI=1S/C21H21FN2/c1-2-3-15-4-6-16(7-5-15)19-10-11-21(24-14-19)17-8-9-18(13-23)20(22)12-17/h2,8-12,14-16H,1,3-7H2/t15-,16-. The van der Waals surface area contributed by atoms with Gasteiger partial charge in [0.1, 0.15) is 11.9 Å². The number of pyridine rings is 1. The van der Waals surface area contributed by atoms with Gasteiger partial charge in [0.15, 0.2) is 0 Å². The summed E-state index contributed by atoms with van der Waals surface area (Å²) in [5, 5.41) is 8.80. The first-order valence-corrected chi connectivity index (χ1v) is 8.48. The third kappa shape index (κ3) is 3.54. The third-order valence-electron chi connectivity index (χ3n) is 4.99. The molecule has 2 nitrogen and oxygen atoms in total. The first-order chi connectivity index (χ1) is 11.7. The first kappa shape index (κ1) is 16.4. The number of nitriles is 1. The van der Waals surface area contributed by atoms with Crippen LogP contribution in [0, 0.1) is 23.1 Å². The topological polar surface area (TPSA) is 36.7 Å². The Morgan fingerprint density at radius 3 is 2.58 bits per heavy atom. The predicted octanol–water partition coefficient (Wildman–Crippen LogP) is 5.61. The van der Waals surface area contributed by atoms with Crippen molar-refractivity contribution in [3.8, 4) is 17.3 Å². The summed E-state index contributed by atoms with van der Waals surface area (Å²) in [4.78, 5) is 4.51. The van der Waals surface area contributed by atoms with Crippen LogP contribution in [0.25, 0.3) is 11.3 Å². The van der Waals surface area contributed by atoms with Crippen LogP contribution >= 0.6 is 0 Å². The minimum absolute atomic E-state index is 0.0617. The molecule has 24 heavy (non-hydrogen) atoms. The second kappa shape index (κ2) is 7.40. The predicted molar refractivity (Wildman–Crippen MR) is 93.9 cm³/mol. The molecular weight excluding hydrogens is 299 g/mol. The highest BCUT2D eigenvalue weighted by Gasteiger charge is 2.21. The Hall–Kier alpha value is -2.47. The maximum absolute atomic E-state index is 13.7. The maximum Gasteiger partial charge on any atom is 0.141 e. The van der Waals surface area contributed by atoms with Gasteiger partial charge < -0.3 is 0 Å². The van der Waals surface area contributed by atoms with Gasteiger partial charge in [-0.15, -0.1) is 6.58 Å². The van der Waals surface area contributed by atoms with Crippen molar-refractivity contribution in [1.29, 1.82) is 5.26 Å². The fraction of sp³-hybridized carbons (Fsp3) is 0.333. The van der Waals surface area contributed by atoms with Gasteiger partial charge in [0.25, 0.3) is 0 Å². The monoisotopic (exact) mass is 320 g/mol. The lowest BCUT2D eigenvalue weighted by atomic mass is 9.78. The van der Waals surface area contributed by atoms with Crippen molar-refractivity contribution in [1.82, 2.24) is 4.98 Å². The highest BCUT2D eigenvalue weighted by molar-refractivity contribution is 5.60. The minimum atomic E-state index is -0.499. The summed E-state index contributed by atoms with van der Waals surface area (Å²) >= 11 is 0. The van der Waals surface area contributed by atoms with Gasteiger partial charge in [0, 0.05) is 11.8 Å². The van der Waals surface area contributed by atoms with Crippen LogP contribution in [0.5, 0.6) is 0 Å². The molecule has 0 bridgehead atoms. The van der Waals surface area contributed by atoms with Gasteiger partial charge in [0.05, 0.1) is 11.3 Å². The lowest BCUT2D eigenvalue weighted by Gasteiger charge is -2.28. The van der Waals surface area contributed by atoms with Crippen LogP contribution in [0.1, 0.15) is 49.1 Å². The molecule has 0 radical (unpaired) electrons. The highest BCUT2D eigenvalue weighted by atomic mass is 19.1. The van der Waals surface area contributed by atoms with E-state index in [9.17, 15) is 4.39 Å². The van der Waals surface area contributed by atoms with Gasteiger partial charge in [-0.2, -0.15) is 5.26 Å². The van der Waals surface area contributed by atoms with E-state index >= 15 is 0 Å². The Kier molecular flexibility index (Phi) is 5.05. The molecule has 1 saturated carbocycles. The maximum atomic E-state index is 13.7. The molecule has 0 N–H and O–H groups in total. The Morgan fingerprint density at radius 1 is 1.21 bits per heavy atom. The third-order valence-corrected chi connectivity index (χ3v) is 4.99. The van der Waals surface area contributed by atoms with Crippen LogP contribution in [0.4, 0.5) is 4.39 Å². The molecule has 0 atom stereocenters. The van der Waals surface area contributed by atoms with Crippen molar-refractivity contribution in [3.63, 3.8) is 0 Å². The summed E-state index contributed by atoms with van der Waals surface area (Å²) in [5.74, 6) is 0.861. The zero-order valence-electron chi connectivity index (χ0n) is 13.7. The molecule has 1 fully saturated rings. The number of rotatable bonds is 4. The van der Waals surface area contributed by atoms with Gasteiger partial charge in [0.2, 0.25) is 0 Å². The lowest BCUT2D eigenvalue weighted by molar-refractivity contribution is 0.328. The summed E-state index contributed by atoms with van der Waals surface area (Å²) in [7, 11) is 0. The Bertz CT molecular complexity index is 750. The number of hydrogen-bond donors (Lipinski definition) is 0. The van der Waals surface area contributed by atoms with Crippen LogP contribution in [-0.2, 0) is 0 Å². The zero-order valence-corrected chi connectivity index (χ0v) is 13.7. The second-order valence-electron chi connectivity index (χ2n) is 6.53. The van der Waals surface area contributed by atoms with E-state index in [1.807, 2.05) is 24.4 Å². The second-order valence-corrected chi connectivity index (χ2v) is 6.53. The van der Waals surface area contributed by atoms with E-state index in [1.54, 1.807) is 6.07 Å². The summed E-state index contributed by atoms with van der Waals surface area (Å²) < 4.78 is 13.7. The molecule has 1 aliphatic carbocycles. The Labute approximate surface area is 142 Å². The van der Waals surface area contributed by atoms with E-state index < -0.39 is 5.82 Å². The van der Waals surface area contributed by atoms with E-state index in [1.165, 1.54) is 43.4 Å². The summed E-state index contributed by atoms with van der Waals surface area (Å²) in [6, 6.07) is 10.5. The Balaban J connectivity index is 1.71. The van der Waals surface area contributed by atoms with Crippen LogP contribution in [0.15, 0.2) is 49.2 Å². The molecular formula is C21H21FN2. The highest BCUT2D eigenvalue weighted by Crippen LogP contribution is 2.37. The van der Waals surface area contributed by atoms with Gasteiger partial charge in [-0.25, -0.2) is 4.39 Å². The first-order valence-electron chi connectivity index (χ1n) is 8.48. The Morgan fingerprint density at radius 2 is 2.00 bits per heavy atom. The van der Waals surface area contributed by atoms with Crippen molar-refractivity contribution in [2.24, 2.45) is 5.92 Å². The fourth-order valence-electron chi connectivity index (χ4n) is 3.55. The number of aromatic nitrogens is 1. The average molecular weight is 320 g/mol. The summed E-state index contributed by atoms with van der Waals surface area (Å²) in [5.41, 5.74) is 2.77. The van der Waals surface area contributed by atoms with E-state index in [0.29, 0.717) is 11.5 Å². The number of hydrogen-bond acceptors (Lipinski definition) is 2. The van der Waals surface area contributed by atoms with Gasteiger partial charge in [-0.1, -0.05) is 18.2 Å². The summed E-state index contributed by atoms with van der Waals surface area (Å²) in [6.07, 6.45) is 9.96. The van der Waals surface area contributed by atoms with Gasteiger partial charge >= 0.3 is 0 Å². The molecule has 1 aromatic heterocycles. The van der Waals surface area contributed by atoms with E-state index in [2.05, 4.69) is 17.6 Å². The molecule has 2 aromatic rings. The normalized spacial score (nSPS) is 20.3. The van der Waals surface area contributed by atoms with Crippen molar-refractivity contribution in [3.05, 3.63) is 66.1 Å². The molecule has 1 heterocycles. The molecule has 0 spiro atoms. The van der Waals surface area contributed by atoms with Crippen molar-refractivity contribution < 1.29 is 4.39 Å². The van der Waals surface area contributed by atoms with Gasteiger partial charge in [-0.3, -0.25) is 4.98 Å². The molecule has 0 aliphatic heterocycles. The summed E-state index contributed by atoms with van der Waals surface area (Å²) in [6.45, 7) is 3.83. The van der Waals surface area contributed by atoms with Crippen LogP contribution in [0.2, 0.25) is 0 Å². The number of benzene rings is 1. The molecule has 3 heteroatoms. The van der Waals surface area contributed by atoms with Crippen LogP contribution in [-0.4, -0.2) is 4.98 Å². The number of nitrogens with zero attached hydrogens (tertiary/aromatic N) is 2.